The topological polar surface area (TPSA) is 46.5 Å². The molecule has 1 fully saturated rings. The molecule has 1 aromatic rings. The molecule has 1 aliphatic carbocycles. The molecule has 19 heavy (non-hydrogen) atoms. The van der Waals surface area contributed by atoms with Crippen molar-refractivity contribution < 1.29 is 14.6 Å². The van der Waals surface area contributed by atoms with Gasteiger partial charge < -0.3 is 9.84 Å². The molecule has 1 aliphatic heterocycles. The summed E-state index contributed by atoms with van der Waals surface area (Å²) in [4.78, 5) is 12.5. The first-order chi connectivity index (χ1) is 9.08. The quantitative estimate of drug-likeness (QED) is 0.832. The van der Waals surface area contributed by atoms with Crippen LogP contribution in [0.2, 0.25) is 0 Å². The van der Waals surface area contributed by atoms with Crippen molar-refractivity contribution in [1.82, 2.24) is 0 Å². The Morgan fingerprint density at radius 1 is 1.37 bits per heavy atom. The lowest BCUT2D eigenvalue weighted by atomic mass is 9.75. The van der Waals surface area contributed by atoms with Gasteiger partial charge in [0.25, 0.3) is 0 Å². The van der Waals surface area contributed by atoms with Crippen molar-refractivity contribution >= 4 is 5.78 Å². The first-order valence-corrected chi connectivity index (χ1v) is 7.11. The average Bonchev–Trinajstić information content (AvgIpc) is 2.88. The molecular formula is C16H20O3. The van der Waals surface area contributed by atoms with Crippen LogP contribution in [0.4, 0.5) is 0 Å². The third-order valence-corrected chi connectivity index (χ3v) is 4.48. The van der Waals surface area contributed by atoms with E-state index < -0.39 is 5.60 Å². The summed E-state index contributed by atoms with van der Waals surface area (Å²) < 4.78 is 5.44. The molecule has 1 N–H and O–H groups in total. The molecule has 0 radical (unpaired) electrons. The van der Waals surface area contributed by atoms with E-state index in [0.29, 0.717) is 30.9 Å². The monoisotopic (exact) mass is 260 g/mol. The lowest BCUT2D eigenvalue weighted by Gasteiger charge is -2.33. The number of hydrogen-bond donors (Lipinski definition) is 1. The van der Waals surface area contributed by atoms with Crippen molar-refractivity contribution in [2.75, 3.05) is 6.61 Å². The maximum atomic E-state index is 12.5. The van der Waals surface area contributed by atoms with Crippen molar-refractivity contribution in [1.29, 1.82) is 0 Å². The van der Waals surface area contributed by atoms with E-state index >= 15 is 0 Å². The molecule has 0 unspecified atom stereocenters. The summed E-state index contributed by atoms with van der Waals surface area (Å²) in [7, 11) is 0. The number of carbonyl (C=O) groups excluding carboxylic acids is 1. The van der Waals surface area contributed by atoms with Crippen LogP contribution in [-0.2, 0) is 6.42 Å². The summed E-state index contributed by atoms with van der Waals surface area (Å²) >= 11 is 0. The van der Waals surface area contributed by atoms with Crippen LogP contribution >= 0.6 is 0 Å². The van der Waals surface area contributed by atoms with E-state index in [1.165, 1.54) is 0 Å². The molecule has 1 saturated carbocycles. The van der Waals surface area contributed by atoms with Gasteiger partial charge >= 0.3 is 0 Å². The summed E-state index contributed by atoms with van der Waals surface area (Å²) in [5, 5.41) is 10.6. The molecule has 1 heterocycles. The van der Waals surface area contributed by atoms with Gasteiger partial charge in [-0.1, -0.05) is 6.92 Å². The Labute approximate surface area is 113 Å². The van der Waals surface area contributed by atoms with Crippen molar-refractivity contribution in [3.63, 3.8) is 0 Å². The predicted octanol–water partition coefficient (Wildman–Crippen LogP) is 2.75. The van der Waals surface area contributed by atoms with Gasteiger partial charge in [0.2, 0.25) is 0 Å². The molecule has 102 valence electrons. The Morgan fingerprint density at radius 2 is 2.11 bits per heavy atom. The van der Waals surface area contributed by atoms with Crippen LogP contribution < -0.4 is 4.74 Å². The number of Topliss-reactive ketones (excluding diaryl/α,β-unsaturated/α-hetero) is 1. The number of aliphatic hydroxyl groups is 1. The van der Waals surface area contributed by atoms with Gasteiger partial charge in [0.1, 0.15) is 11.4 Å². The molecule has 2 aliphatic rings. The van der Waals surface area contributed by atoms with E-state index in [4.69, 9.17) is 4.74 Å². The second-order valence-electron chi connectivity index (χ2n) is 5.96. The van der Waals surface area contributed by atoms with E-state index in [-0.39, 0.29) is 5.78 Å². The standard InChI is InChI=1S/C16H20O3/c1-11-4-7-16(18,8-5-11)15(17)13-2-3-14-12(10-13)6-9-19-14/h2-3,10-11,18H,4-9H2,1H3. The van der Waals surface area contributed by atoms with Gasteiger partial charge in [-0.3, -0.25) is 4.79 Å². The Balaban J connectivity index is 1.83. The predicted molar refractivity (Wildman–Crippen MR) is 72.6 cm³/mol. The van der Waals surface area contributed by atoms with E-state index in [9.17, 15) is 9.90 Å². The highest BCUT2D eigenvalue weighted by atomic mass is 16.5. The summed E-state index contributed by atoms with van der Waals surface area (Å²) in [6.07, 6.45) is 3.87. The maximum Gasteiger partial charge on any atom is 0.194 e. The molecule has 3 heteroatoms. The molecule has 0 saturated heterocycles. The van der Waals surface area contributed by atoms with Crippen LogP contribution in [0.25, 0.3) is 0 Å². The molecule has 3 rings (SSSR count). The third kappa shape index (κ3) is 2.27. The number of benzene rings is 1. The van der Waals surface area contributed by atoms with E-state index in [1.807, 2.05) is 12.1 Å². The molecule has 0 bridgehead atoms. The normalized spacial score (nSPS) is 29.7. The largest absolute Gasteiger partial charge is 0.493 e. The smallest absolute Gasteiger partial charge is 0.194 e. The van der Waals surface area contributed by atoms with E-state index in [1.54, 1.807) is 6.07 Å². The van der Waals surface area contributed by atoms with E-state index in [2.05, 4.69) is 6.92 Å². The van der Waals surface area contributed by atoms with Gasteiger partial charge in [0, 0.05) is 12.0 Å². The Bertz CT molecular complexity index is 499. The number of hydrogen-bond acceptors (Lipinski definition) is 3. The molecule has 3 nitrogen and oxygen atoms in total. The highest BCUT2D eigenvalue weighted by Gasteiger charge is 2.39. The van der Waals surface area contributed by atoms with Crippen molar-refractivity contribution in [2.45, 2.75) is 44.6 Å². The molecule has 1 aromatic carbocycles. The van der Waals surface area contributed by atoms with Crippen molar-refractivity contribution in [2.24, 2.45) is 5.92 Å². The fraction of sp³-hybridized carbons (Fsp3) is 0.562. The number of rotatable bonds is 2. The number of ether oxygens (including phenoxy) is 1. The minimum atomic E-state index is -1.15. The van der Waals surface area contributed by atoms with Gasteiger partial charge in [-0.2, -0.15) is 0 Å². The minimum Gasteiger partial charge on any atom is -0.493 e. The van der Waals surface area contributed by atoms with Crippen LogP contribution in [-0.4, -0.2) is 23.1 Å². The summed E-state index contributed by atoms with van der Waals surface area (Å²) in [6, 6.07) is 5.52. The van der Waals surface area contributed by atoms with Gasteiger partial charge in [0.05, 0.1) is 6.61 Å². The number of fused-ring (bicyclic) bond motifs is 1. The zero-order chi connectivity index (χ0) is 13.5. The second-order valence-corrected chi connectivity index (χ2v) is 5.96. The lowest BCUT2D eigenvalue weighted by Crippen LogP contribution is -2.41. The van der Waals surface area contributed by atoms with Crippen LogP contribution in [0, 0.1) is 5.92 Å². The number of carbonyl (C=O) groups is 1. The highest BCUT2D eigenvalue weighted by molar-refractivity contribution is 6.02. The minimum absolute atomic E-state index is 0.117. The van der Waals surface area contributed by atoms with Crippen LogP contribution in [0.3, 0.4) is 0 Å². The van der Waals surface area contributed by atoms with Crippen LogP contribution in [0.15, 0.2) is 18.2 Å². The van der Waals surface area contributed by atoms with Crippen LogP contribution in [0.5, 0.6) is 5.75 Å². The lowest BCUT2D eigenvalue weighted by molar-refractivity contribution is 0.00426. The van der Waals surface area contributed by atoms with Crippen LogP contribution in [0.1, 0.15) is 48.5 Å². The van der Waals surface area contributed by atoms with Crippen molar-refractivity contribution in [3.8, 4) is 5.75 Å². The first-order valence-electron chi connectivity index (χ1n) is 7.11. The zero-order valence-corrected chi connectivity index (χ0v) is 11.3. The zero-order valence-electron chi connectivity index (χ0n) is 11.3. The fourth-order valence-electron chi connectivity index (χ4n) is 3.06. The summed E-state index contributed by atoms with van der Waals surface area (Å²) in [5.74, 6) is 1.37. The molecular weight excluding hydrogens is 240 g/mol. The molecule has 0 atom stereocenters. The number of ketones is 1. The second kappa shape index (κ2) is 4.64. The summed E-state index contributed by atoms with van der Waals surface area (Å²) in [5.41, 5.74) is 0.556. The van der Waals surface area contributed by atoms with Gasteiger partial charge in [-0.25, -0.2) is 0 Å². The highest BCUT2D eigenvalue weighted by Crippen LogP contribution is 2.35. The third-order valence-electron chi connectivity index (χ3n) is 4.48. The first kappa shape index (κ1) is 12.7. The van der Waals surface area contributed by atoms with Gasteiger partial charge in [-0.15, -0.1) is 0 Å². The average molecular weight is 260 g/mol. The molecule has 0 aromatic heterocycles. The fourth-order valence-corrected chi connectivity index (χ4v) is 3.06. The maximum absolute atomic E-state index is 12.5. The Hall–Kier alpha value is -1.35. The van der Waals surface area contributed by atoms with E-state index in [0.717, 1.165) is 30.6 Å². The Kier molecular flexibility index (Phi) is 3.09. The SMILES string of the molecule is CC1CCC(O)(C(=O)c2ccc3c(c2)CCO3)CC1. The van der Waals surface area contributed by atoms with Gasteiger partial charge in [-0.05, 0) is 55.4 Å². The van der Waals surface area contributed by atoms with Crippen molar-refractivity contribution in [3.05, 3.63) is 29.3 Å². The Morgan fingerprint density at radius 3 is 2.84 bits per heavy atom. The summed E-state index contributed by atoms with van der Waals surface area (Å²) in [6.45, 7) is 2.87. The molecule has 0 spiro atoms. The molecule has 0 amide bonds. The van der Waals surface area contributed by atoms with Gasteiger partial charge in [0.15, 0.2) is 5.78 Å².